The molecule has 43 heteroatoms. The Morgan fingerprint density at radius 2 is 1.37 bits per heavy atom. The molecule has 7 aliphatic rings. The molecule has 672 valence electrons. The van der Waals surface area contributed by atoms with Crippen molar-refractivity contribution >= 4 is 99.9 Å². The molecule has 18 atom stereocenters. The number of fused-ring (bicyclic) bond motifs is 15. The first-order valence-corrected chi connectivity index (χ1v) is 40.7. The van der Waals surface area contributed by atoms with Gasteiger partial charge in [0.1, 0.15) is 101 Å². The quantitative estimate of drug-likeness (QED) is 0.0240. The molecule has 0 saturated carbocycles. The summed E-state index contributed by atoms with van der Waals surface area (Å²) in [6, 6.07) is 7.52. The molecule has 14 rings (SSSR count). The van der Waals surface area contributed by atoms with Crippen molar-refractivity contribution in [3.05, 3.63) is 180 Å². The zero-order chi connectivity index (χ0) is 91.0. The van der Waals surface area contributed by atoms with E-state index in [1.54, 1.807) is 31.2 Å². The fourth-order valence-electron chi connectivity index (χ4n) is 15.0. The van der Waals surface area contributed by atoms with E-state index in [-0.39, 0.29) is 66.7 Å². The van der Waals surface area contributed by atoms with E-state index in [2.05, 4.69) is 63.7 Å². The molecule has 0 radical (unpaired) electrons. The van der Waals surface area contributed by atoms with Gasteiger partial charge >= 0.3 is 5.69 Å². The Morgan fingerprint density at radius 1 is 0.714 bits per heavy atom. The van der Waals surface area contributed by atoms with E-state index in [9.17, 15) is 75.0 Å². The third-order valence-electron chi connectivity index (χ3n) is 21.5. The molecule has 0 spiro atoms. The van der Waals surface area contributed by atoms with Gasteiger partial charge in [-0.2, -0.15) is 4.98 Å². The van der Waals surface area contributed by atoms with Crippen LogP contribution in [0.4, 0.5) is 5.82 Å². The number of aliphatic hydroxyl groups is 7. The van der Waals surface area contributed by atoms with E-state index in [0.29, 0.717) is 10.6 Å². The number of carbonyl (C=O) groups excluding carboxylic acids is 9. The molecule has 0 aliphatic carbocycles. The smallest absolute Gasteiger partial charge is 0.349 e. The Labute approximate surface area is 732 Å². The summed E-state index contributed by atoms with van der Waals surface area (Å²) in [5, 5.41) is 139. The highest BCUT2D eigenvalue weighted by Gasteiger charge is 2.52. The fourth-order valence-corrected chi connectivity index (χ4v) is 15.6. The minimum atomic E-state index is -2.40. The minimum absolute atomic E-state index is 0.0368. The van der Waals surface area contributed by atoms with Crippen molar-refractivity contribution in [1.82, 2.24) is 62.9 Å². The van der Waals surface area contributed by atoms with Crippen LogP contribution in [0.2, 0.25) is 15.1 Å². The maximum absolute atomic E-state index is 16.3. The van der Waals surface area contributed by atoms with Crippen LogP contribution in [0.15, 0.2) is 126 Å². The number of hydrogen-bond donors (Lipinski definition) is 22. The van der Waals surface area contributed by atoms with Gasteiger partial charge in [0, 0.05) is 66.1 Å². The van der Waals surface area contributed by atoms with Crippen molar-refractivity contribution < 1.29 is 123 Å². The summed E-state index contributed by atoms with van der Waals surface area (Å²) in [4.78, 5) is 150. The number of aromatic nitrogens is 2. The lowest BCUT2D eigenvalue weighted by Gasteiger charge is -2.48. The lowest BCUT2D eigenvalue weighted by atomic mass is 9.85. The van der Waals surface area contributed by atoms with E-state index in [4.69, 9.17) is 69.0 Å². The number of nitrogens with two attached hydrogens (primary N) is 1. The monoisotopic (exact) mass is 1810 g/mol. The van der Waals surface area contributed by atoms with E-state index in [0.717, 1.165) is 66.7 Å². The molecule has 2 fully saturated rings. The summed E-state index contributed by atoms with van der Waals surface area (Å²) >= 11 is 20.3. The molecule has 126 heavy (non-hydrogen) atoms. The second-order valence-corrected chi connectivity index (χ2v) is 32.3. The third-order valence-corrected chi connectivity index (χ3v) is 22.3. The topological polar surface area (TPSA) is 605 Å². The summed E-state index contributed by atoms with van der Waals surface area (Å²) in [5.41, 5.74) is 6.31. The molecule has 0 unspecified atom stereocenters. The molecule has 11 bridgehead atoms. The van der Waals surface area contributed by atoms with Crippen LogP contribution in [0, 0.1) is 5.92 Å². The van der Waals surface area contributed by atoms with Crippen LogP contribution in [0.25, 0.3) is 17.2 Å². The highest BCUT2D eigenvalue weighted by Crippen LogP contribution is 2.50. The number of hydrazine groups is 1. The number of aliphatic hydroxyl groups excluding tert-OH is 7. The van der Waals surface area contributed by atoms with Crippen molar-refractivity contribution in [3.63, 3.8) is 0 Å². The van der Waals surface area contributed by atoms with Crippen LogP contribution in [0.1, 0.15) is 111 Å². The van der Waals surface area contributed by atoms with Crippen LogP contribution in [-0.4, -0.2) is 226 Å². The number of primary amides is 1. The molecule has 9 amide bonds. The Bertz CT molecular complexity index is 5380. The van der Waals surface area contributed by atoms with Gasteiger partial charge in [0.15, 0.2) is 23.9 Å². The first-order chi connectivity index (χ1) is 59.9. The molecular weight excluding hydrogens is 1720 g/mol. The molecule has 7 aromatic rings. The number of benzene rings is 6. The number of phenols is 3. The summed E-state index contributed by atoms with van der Waals surface area (Å²) < 4.78 is 40.6. The number of anilines is 1. The summed E-state index contributed by atoms with van der Waals surface area (Å²) in [7, 11) is 1.47. The molecular formula is C83H93Cl3N14O26. The van der Waals surface area contributed by atoms with Crippen LogP contribution >= 0.6 is 34.8 Å². The number of likely N-dealkylation sites (N-methyl/N-ethyl adjacent to an activating group) is 1. The number of aromatic hydroxyl groups is 3. The first-order valence-electron chi connectivity index (χ1n) is 39.6. The zero-order valence-corrected chi connectivity index (χ0v) is 70.1. The highest BCUT2D eigenvalue weighted by atomic mass is 35.5. The molecule has 6 aromatic carbocycles. The van der Waals surface area contributed by atoms with E-state index >= 15 is 24.0 Å². The molecule has 1 aromatic heterocycles. The first kappa shape index (κ1) is 93.5. The number of halogens is 3. The molecule has 40 nitrogen and oxygen atoms in total. The van der Waals surface area contributed by atoms with Crippen molar-refractivity contribution in [1.29, 1.82) is 0 Å². The van der Waals surface area contributed by atoms with Gasteiger partial charge in [0.2, 0.25) is 59.3 Å². The Hall–Kier alpha value is -11.7. The van der Waals surface area contributed by atoms with Crippen molar-refractivity contribution in [2.75, 3.05) is 38.7 Å². The number of carbonyl (C=O) groups is 9. The number of hydrogen-bond acceptors (Lipinski definition) is 30. The van der Waals surface area contributed by atoms with Crippen LogP contribution < -0.4 is 84.3 Å². The lowest BCUT2D eigenvalue weighted by Crippen LogP contribution is -2.65. The average Bonchev–Trinajstić information content (AvgIpc) is 0.764. The van der Waals surface area contributed by atoms with E-state index in [1.807, 2.05) is 13.8 Å². The Morgan fingerprint density at radius 3 is 2.00 bits per heavy atom. The maximum atomic E-state index is 16.3. The van der Waals surface area contributed by atoms with Gasteiger partial charge in [-0.25, -0.2) is 10.2 Å². The van der Waals surface area contributed by atoms with Gasteiger partial charge < -0.3 is 133 Å². The third kappa shape index (κ3) is 21.5. The zero-order valence-electron chi connectivity index (χ0n) is 67.8. The summed E-state index contributed by atoms with van der Waals surface area (Å²) in [6.45, 7) is 4.78. The normalized spacial score (nSPS) is 25.9. The number of ether oxygens (including phenoxy) is 6. The van der Waals surface area contributed by atoms with Gasteiger partial charge in [0.05, 0.1) is 47.9 Å². The van der Waals surface area contributed by atoms with Crippen molar-refractivity contribution in [3.8, 4) is 57.1 Å². The van der Waals surface area contributed by atoms with Gasteiger partial charge in [-0.3, -0.25) is 53.1 Å². The SMILES string of the molecule is CN[C@H](CC(C)C)C(=O)N[C@H]1C(=O)N[C@@H](CC(N)=O)C(=O)N[C@H]2C(=O)N[C@H]3C(=O)N[C@H](C(=O)N[C@@H](C(=O)NNCCO)c4cc(O)cc(O)c4-c4cc3ccc4O)[C@H](O)c3ccc(c(Cl)c3)Oc3cc2cc(c3O[C@@H]2O[C@H](CO)[C@@H](O)[C@H](O)[C@H]2O[C@H]2C[C@](C)(NCCn3ccc(NC(=O)C=Cc4ccc(Cl)cc4)nc3=O)[C@H](O)[C@H](C)O2)Oc2ccc(cc2Cl)[C@H]1O. The number of nitrogens with one attached hydrogen (secondary N) is 11. The number of amides is 9. The second-order valence-electron chi connectivity index (χ2n) is 31.0. The molecule has 23 N–H and O–H groups in total. The number of phenolic OH excluding ortho intramolecular Hbond substituents is 3. The summed E-state index contributed by atoms with van der Waals surface area (Å²) in [5.74, 6) is -16.2. The van der Waals surface area contributed by atoms with Crippen LogP contribution in [-0.2, 0) is 63.9 Å². The Kier molecular flexibility index (Phi) is 29.9. The average molecular weight is 1810 g/mol. The largest absolute Gasteiger partial charge is 0.508 e. The van der Waals surface area contributed by atoms with Crippen LogP contribution in [0.5, 0.6) is 46.0 Å². The van der Waals surface area contributed by atoms with Gasteiger partial charge in [-0.15, -0.1) is 0 Å². The highest BCUT2D eigenvalue weighted by molar-refractivity contribution is 6.32. The van der Waals surface area contributed by atoms with Crippen molar-refractivity contribution in [2.24, 2.45) is 11.7 Å². The second kappa shape index (κ2) is 40.3. The van der Waals surface area contributed by atoms with Gasteiger partial charge in [-0.1, -0.05) is 79.0 Å². The van der Waals surface area contributed by atoms with Gasteiger partial charge in [-0.05, 0) is 145 Å². The van der Waals surface area contributed by atoms with E-state index < -0.39 is 260 Å². The molecule has 8 heterocycles. The number of rotatable bonds is 23. The van der Waals surface area contributed by atoms with Gasteiger partial charge in [0.25, 0.3) is 5.91 Å². The predicted molar refractivity (Wildman–Crippen MR) is 446 cm³/mol. The fraction of sp³-hybridized carbons (Fsp3) is 0.386. The standard InChI is InChI=1S/C83H93Cl3N14O26/c1-35(2)24-48(88-5)74(113)97-65-67(108)39-10-15-52(46(85)26-39)122-54-28-41-29-55(71(54)126-81-72(70(111)69(110)56(34-102)124-81)125-60-33-83(4,73(112)36(3)121-60)89-19-22-100-21-18-58(93-82(100)120)92-59(107)17-8-37-6-12-42(84)13-7-37)123-53-16-11-40(27-47(53)86)68(109)66-79(118)96-64(80(119)99-90-20-23-101)45-30-43(103)31-51(105)61(45)44-25-38(9-14-50(44)104)62(76(115)98-66)95-77(116)63(41)94-75(114)49(32-57(87)106)91-78(65)117/h6-18,21,25-31,35-36,48-49,56,60,62-70,72-73,81,88-90,101-105,108-112H,19-20,22-24,32-34H2,1-5H3,(H2,87,106)(H,91,117)(H,94,114)(H,95,116)(H,96,118)(H,97,113)(H,98,115)(H,99,119)(H,92,93,107,120)/t36-,48+,49-,56+,60-,62+,63+,64+,65+,66-,67+,68+,69+,70-,72+,73+,81-,83-/m0/s1. The van der Waals surface area contributed by atoms with E-state index in [1.165, 1.54) is 55.1 Å². The molecule has 2 saturated heterocycles. The predicted octanol–water partition coefficient (Wildman–Crippen LogP) is 0.828. The molecule has 7 aliphatic heterocycles. The lowest BCUT2D eigenvalue weighted by molar-refractivity contribution is -0.334. The van der Waals surface area contributed by atoms with Crippen LogP contribution in [0.3, 0.4) is 0 Å². The minimum Gasteiger partial charge on any atom is -0.508 e. The Balaban J connectivity index is 0.997. The summed E-state index contributed by atoms with van der Waals surface area (Å²) in [6.07, 6.45) is -15.4. The maximum Gasteiger partial charge on any atom is 0.349 e. The number of nitrogens with zero attached hydrogens (tertiary/aromatic N) is 2. The van der Waals surface area contributed by atoms with Crippen molar-refractivity contribution in [2.45, 2.75) is 163 Å².